The molecular weight excluding hydrogens is 480 g/mol. The summed E-state index contributed by atoms with van der Waals surface area (Å²) in [7, 11) is -2.81. The van der Waals surface area contributed by atoms with E-state index in [0.717, 1.165) is 9.87 Å². The Morgan fingerprint density at radius 1 is 1.21 bits per heavy atom. The highest BCUT2D eigenvalue weighted by molar-refractivity contribution is 7.93. The summed E-state index contributed by atoms with van der Waals surface area (Å²) in [6.45, 7) is 1.85. The van der Waals surface area contributed by atoms with Crippen molar-refractivity contribution in [1.82, 2.24) is 20.1 Å². The van der Waals surface area contributed by atoms with Crippen molar-refractivity contribution in [1.29, 1.82) is 0 Å². The number of aromatic nitrogens is 3. The van der Waals surface area contributed by atoms with E-state index < -0.39 is 27.9 Å². The number of pyridine rings is 1. The number of sulfonamides is 1. The Morgan fingerprint density at radius 3 is 2.59 bits per heavy atom. The molecule has 10 nitrogen and oxygen atoms in total. The third-order valence-electron chi connectivity index (χ3n) is 5.47. The molecule has 34 heavy (non-hydrogen) atoms. The van der Waals surface area contributed by atoms with Crippen LogP contribution in [0.5, 0.6) is 0 Å². The Labute approximate surface area is 202 Å². The Bertz CT molecular complexity index is 1340. The molecule has 0 fully saturated rings. The molecular formula is C22H23ClN6O4S. The third-order valence-corrected chi connectivity index (χ3v) is 7.99. The van der Waals surface area contributed by atoms with E-state index in [9.17, 15) is 18.0 Å². The smallest absolute Gasteiger partial charge is 0.270 e. The first-order valence-corrected chi connectivity index (χ1v) is 12.3. The normalized spacial score (nSPS) is 15.6. The van der Waals surface area contributed by atoms with E-state index in [0.29, 0.717) is 18.7 Å². The van der Waals surface area contributed by atoms with Crippen molar-refractivity contribution in [2.75, 3.05) is 16.2 Å². The van der Waals surface area contributed by atoms with Crippen molar-refractivity contribution in [3.63, 3.8) is 0 Å². The molecule has 12 heteroatoms. The highest BCUT2D eigenvalue weighted by atomic mass is 35.5. The maximum atomic E-state index is 13.8. The summed E-state index contributed by atoms with van der Waals surface area (Å²) in [6, 6.07) is 8.87. The molecule has 1 aromatic carbocycles. The minimum Gasteiger partial charge on any atom is -0.356 e. The van der Waals surface area contributed by atoms with Crippen molar-refractivity contribution in [2.24, 2.45) is 7.05 Å². The van der Waals surface area contributed by atoms with E-state index in [1.807, 2.05) is 12.1 Å². The maximum absolute atomic E-state index is 13.8. The Kier molecular flexibility index (Phi) is 6.58. The predicted octanol–water partition coefficient (Wildman–Crippen LogP) is 2.04. The van der Waals surface area contributed by atoms with Crippen LogP contribution in [0.1, 0.15) is 17.7 Å². The summed E-state index contributed by atoms with van der Waals surface area (Å²) in [5, 5.41) is 9.47. The van der Waals surface area contributed by atoms with E-state index in [2.05, 4.69) is 20.7 Å². The molecule has 0 radical (unpaired) electrons. The highest BCUT2D eigenvalue weighted by Crippen LogP contribution is 2.39. The lowest BCUT2D eigenvalue weighted by atomic mass is 10.1. The van der Waals surface area contributed by atoms with Gasteiger partial charge in [-0.1, -0.05) is 23.7 Å². The number of halogens is 1. The third kappa shape index (κ3) is 4.48. The van der Waals surface area contributed by atoms with Gasteiger partial charge in [0, 0.05) is 26.0 Å². The number of nitrogens with zero attached hydrogens (tertiary/aromatic N) is 4. The molecule has 0 saturated heterocycles. The first kappa shape index (κ1) is 23.7. The van der Waals surface area contributed by atoms with Crippen molar-refractivity contribution in [3.8, 4) is 0 Å². The summed E-state index contributed by atoms with van der Waals surface area (Å²) in [6.07, 6.45) is 3.53. The summed E-state index contributed by atoms with van der Waals surface area (Å²) < 4.78 is 29.8. The number of carbonyl (C=O) groups is 2. The van der Waals surface area contributed by atoms with Gasteiger partial charge in [-0.15, -0.1) is 0 Å². The lowest BCUT2D eigenvalue weighted by Gasteiger charge is -2.36. The molecule has 3 heterocycles. The number of amides is 2. The summed E-state index contributed by atoms with van der Waals surface area (Å²) in [5.41, 5.74) is 1.75. The van der Waals surface area contributed by atoms with Crippen LogP contribution in [-0.2, 0) is 33.1 Å². The van der Waals surface area contributed by atoms with Crippen LogP contribution in [0.2, 0.25) is 5.15 Å². The topological polar surface area (TPSA) is 126 Å². The molecule has 1 atom stereocenters. The number of nitrogens with one attached hydrogen (secondary N) is 2. The fourth-order valence-corrected chi connectivity index (χ4v) is 6.23. The standard InChI is InChI=1S/C22H23ClN6O4S/c1-14-20(21(23)28(2)27-14)34(32,33)29-17-6-4-3-5-16(17)26-22(31)18(29)13-19(30)25-12-9-15-7-10-24-11-8-15/h3-8,10-11,18H,9,12-13H2,1-2H3,(H,25,30)(H,26,31)/t18-/m1/s1. The maximum Gasteiger partial charge on any atom is 0.270 e. The molecule has 1 aliphatic heterocycles. The number of anilines is 2. The first-order valence-electron chi connectivity index (χ1n) is 10.5. The second kappa shape index (κ2) is 9.43. The van der Waals surface area contributed by atoms with E-state index >= 15 is 0 Å². The largest absolute Gasteiger partial charge is 0.356 e. The van der Waals surface area contributed by atoms with Gasteiger partial charge in [0.05, 0.1) is 23.5 Å². The van der Waals surface area contributed by atoms with Crippen molar-refractivity contribution in [3.05, 3.63) is 65.2 Å². The number of hydrogen-bond acceptors (Lipinski definition) is 6. The van der Waals surface area contributed by atoms with Gasteiger partial charge in [-0.2, -0.15) is 5.10 Å². The molecule has 2 amide bonds. The lowest BCUT2D eigenvalue weighted by Crippen LogP contribution is -2.53. The fourth-order valence-electron chi connectivity index (χ4n) is 3.88. The van der Waals surface area contributed by atoms with E-state index in [-0.39, 0.29) is 27.9 Å². The van der Waals surface area contributed by atoms with Crippen LogP contribution in [0.15, 0.2) is 53.7 Å². The minimum absolute atomic E-state index is 0.0819. The molecule has 4 rings (SSSR count). The van der Waals surface area contributed by atoms with Crippen molar-refractivity contribution >= 4 is 44.8 Å². The van der Waals surface area contributed by atoms with Gasteiger partial charge < -0.3 is 10.6 Å². The quantitative estimate of drug-likeness (QED) is 0.509. The molecule has 0 aliphatic carbocycles. The lowest BCUT2D eigenvalue weighted by molar-refractivity contribution is -0.125. The molecule has 2 N–H and O–H groups in total. The molecule has 0 spiro atoms. The summed E-state index contributed by atoms with van der Waals surface area (Å²) in [5.74, 6) is -1.06. The van der Waals surface area contributed by atoms with Gasteiger partial charge >= 0.3 is 0 Å². The van der Waals surface area contributed by atoms with Gasteiger partial charge in [-0.3, -0.25) is 23.6 Å². The van der Waals surface area contributed by atoms with Crippen LogP contribution in [0.3, 0.4) is 0 Å². The molecule has 2 aromatic heterocycles. The van der Waals surface area contributed by atoms with Gasteiger partial charge in [0.1, 0.15) is 16.1 Å². The average molecular weight is 503 g/mol. The molecule has 1 aliphatic rings. The number of carbonyl (C=O) groups excluding carboxylic acids is 2. The van der Waals surface area contributed by atoms with E-state index in [1.54, 1.807) is 36.7 Å². The average Bonchev–Trinajstić information content (AvgIpc) is 3.06. The Balaban J connectivity index is 1.64. The van der Waals surface area contributed by atoms with E-state index in [4.69, 9.17) is 11.6 Å². The van der Waals surface area contributed by atoms with E-state index in [1.165, 1.54) is 18.7 Å². The van der Waals surface area contributed by atoms with Crippen LogP contribution in [-0.4, -0.2) is 47.6 Å². The first-order chi connectivity index (χ1) is 16.2. The Morgan fingerprint density at radius 2 is 1.91 bits per heavy atom. The number of aryl methyl sites for hydroxylation is 2. The zero-order valence-electron chi connectivity index (χ0n) is 18.5. The second-order valence-electron chi connectivity index (χ2n) is 7.81. The molecule has 0 saturated carbocycles. The number of benzene rings is 1. The molecule has 3 aromatic rings. The monoisotopic (exact) mass is 502 g/mol. The summed E-state index contributed by atoms with van der Waals surface area (Å²) >= 11 is 6.27. The van der Waals surface area contributed by atoms with Gasteiger partial charge in [0.2, 0.25) is 11.8 Å². The van der Waals surface area contributed by atoms with Crippen LogP contribution in [0.25, 0.3) is 0 Å². The van der Waals surface area contributed by atoms with Gasteiger partial charge in [-0.05, 0) is 43.2 Å². The zero-order chi connectivity index (χ0) is 24.5. The van der Waals surface area contributed by atoms with Crippen molar-refractivity contribution in [2.45, 2.75) is 30.7 Å². The van der Waals surface area contributed by atoms with Gasteiger partial charge in [0.25, 0.3) is 10.0 Å². The predicted molar refractivity (Wildman–Crippen MR) is 127 cm³/mol. The molecule has 0 unspecified atom stereocenters. The fraction of sp³-hybridized carbons (Fsp3) is 0.273. The Hall–Kier alpha value is -3.44. The van der Waals surface area contributed by atoms with Crippen LogP contribution in [0, 0.1) is 6.92 Å². The molecule has 0 bridgehead atoms. The van der Waals surface area contributed by atoms with Gasteiger partial charge in [-0.25, -0.2) is 8.42 Å². The number of hydrogen-bond donors (Lipinski definition) is 2. The zero-order valence-corrected chi connectivity index (χ0v) is 20.1. The number of fused-ring (bicyclic) bond motifs is 1. The highest BCUT2D eigenvalue weighted by Gasteiger charge is 2.44. The number of rotatable bonds is 7. The SMILES string of the molecule is Cc1nn(C)c(Cl)c1S(=O)(=O)N1c2ccccc2NC(=O)[C@H]1CC(=O)NCCc1ccncc1. The number of para-hydroxylation sites is 2. The minimum atomic E-state index is -4.34. The van der Waals surface area contributed by atoms with Gasteiger partial charge in [0.15, 0.2) is 0 Å². The van der Waals surface area contributed by atoms with Crippen molar-refractivity contribution < 1.29 is 18.0 Å². The second-order valence-corrected chi connectivity index (χ2v) is 9.92. The summed E-state index contributed by atoms with van der Waals surface area (Å²) in [4.78, 5) is 29.5. The van der Waals surface area contributed by atoms with Crippen LogP contribution < -0.4 is 14.9 Å². The van der Waals surface area contributed by atoms with Crippen LogP contribution in [0.4, 0.5) is 11.4 Å². The van der Waals surface area contributed by atoms with Crippen LogP contribution >= 0.6 is 11.6 Å². The molecule has 178 valence electrons.